The van der Waals surface area contributed by atoms with Crippen molar-refractivity contribution in [2.24, 2.45) is 0 Å². The number of amides is 1. The number of fused-ring (bicyclic) bond motifs is 3. The van der Waals surface area contributed by atoms with Gasteiger partial charge in [-0.15, -0.1) is 0 Å². The van der Waals surface area contributed by atoms with Gasteiger partial charge >= 0.3 is 6.09 Å². The van der Waals surface area contributed by atoms with Crippen LogP contribution in [0.5, 0.6) is 0 Å². The fraction of sp³-hybridized carbons (Fsp3) is 0.286. The van der Waals surface area contributed by atoms with Gasteiger partial charge < -0.3 is 4.74 Å². The molecule has 0 heterocycles. The lowest BCUT2D eigenvalue weighted by Crippen LogP contribution is -2.29. The molecule has 0 aromatic heterocycles. The van der Waals surface area contributed by atoms with Gasteiger partial charge in [0.2, 0.25) is 0 Å². The Morgan fingerprint density at radius 2 is 1.62 bits per heavy atom. The number of nitrogens with zero attached hydrogens (tertiary/aromatic N) is 1. The van der Waals surface area contributed by atoms with Gasteiger partial charge in [-0.25, -0.2) is 4.79 Å². The molecule has 122 valence electrons. The van der Waals surface area contributed by atoms with E-state index in [0.29, 0.717) is 0 Å². The first-order valence-electron chi connectivity index (χ1n) is 8.57. The average Bonchev–Trinajstić information content (AvgIpc) is 2.96. The molecular weight excluding hydrogens is 298 g/mol. The van der Waals surface area contributed by atoms with E-state index in [0.717, 1.165) is 47.2 Å². The molecule has 0 bridgehead atoms. The quantitative estimate of drug-likeness (QED) is 0.753. The molecule has 2 aliphatic carbocycles. The van der Waals surface area contributed by atoms with Crippen LogP contribution in [0.3, 0.4) is 0 Å². The van der Waals surface area contributed by atoms with E-state index < -0.39 is 0 Å². The molecule has 0 fully saturated rings. The van der Waals surface area contributed by atoms with Crippen LogP contribution in [0, 0.1) is 0 Å². The maximum Gasteiger partial charge on any atom is 0.414 e. The molecule has 24 heavy (non-hydrogen) atoms. The van der Waals surface area contributed by atoms with E-state index >= 15 is 0 Å². The first-order valence-corrected chi connectivity index (χ1v) is 8.57. The van der Waals surface area contributed by atoms with Crippen molar-refractivity contribution in [2.75, 3.05) is 7.05 Å². The molecular formula is C21H21NO2. The minimum absolute atomic E-state index is 0.278. The van der Waals surface area contributed by atoms with E-state index in [1.54, 1.807) is 4.90 Å². The number of allylic oxidation sites excluding steroid dienone is 2. The van der Waals surface area contributed by atoms with Gasteiger partial charge in [0.1, 0.15) is 0 Å². The molecule has 0 radical (unpaired) electrons. The number of carbonyl (C=O) groups is 1. The van der Waals surface area contributed by atoms with Crippen LogP contribution in [0.1, 0.15) is 42.9 Å². The minimum Gasteiger partial charge on any atom is -0.436 e. The summed E-state index contributed by atoms with van der Waals surface area (Å²) in [6.07, 6.45) is 5.89. The van der Waals surface area contributed by atoms with Gasteiger partial charge in [0.05, 0.1) is 0 Å². The number of ether oxygens (including phenoxy) is 1. The summed E-state index contributed by atoms with van der Waals surface area (Å²) in [6.45, 7) is 0. The van der Waals surface area contributed by atoms with Crippen molar-refractivity contribution in [1.29, 1.82) is 0 Å². The molecule has 0 atom stereocenters. The van der Waals surface area contributed by atoms with Gasteiger partial charge in [0, 0.05) is 23.9 Å². The highest BCUT2D eigenvalue weighted by molar-refractivity contribution is 5.80. The van der Waals surface area contributed by atoms with Crippen molar-refractivity contribution in [3.63, 3.8) is 0 Å². The smallest absolute Gasteiger partial charge is 0.414 e. The highest BCUT2D eigenvalue weighted by Crippen LogP contribution is 2.45. The van der Waals surface area contributed by atoms with E-state index in [2.05, 4.69) is 18.2 Å². The molecule has 4 rings (SSSR count). The van der Waals surface area contributed by atoms with Crippen molar-refractivity contribution in [3.8, 4) is 11.1 Å². The Morgan fingerprint density at radius 3 is 2.21 bits per heavy atom. The van der Waals surface area contributed by atoms with Crippen LogP contribution in [0.4, 0.5) is 4.79 Å². The molecule has 0 unspecified atom stereocenters. The number of rotatable bonds is 2. The molecule has 2 aromatic rings. The van der Waals surface area contributed by atoms with Crippen LogP contribution in [-0.2, 0) is 4.74 Å². The molecule has 1 amide bonds. The Kier molecular flexibility index (Phi) is 3.85. The number of hydrogen-bond acceptors (Lipinski definition) is 2. The highest BCUT2D eigenvalue weighted by atomic mass is 16.6. The molecule has 0 spiro atoms. The van der Waals surface area contributed by atoms with Crippen molar-refractivity contribution < 1.29 is 9.53 Å². The lowest BCUT2D eigenvalue weighted by molar-refractivity contribution is 0.0930. The van der Waals surface area contributed by atoms with Crippen molar-refractivity contribution in [1.82, 2.24) is 4.90 Å². The van der Waals surface area contributed by atoms with Crippen LogP contribution in [0.2, 0.25) is 0 Å². The monoisotopic (exact) mass is 319 g/mol. The zero-order valence-electron chi connectivity index (χ0n) is 13.9. The zero-order valence-corrected chi connectivity index (χ0v) is 13.9. The van der Waals surface area contributed by atoms with Gasteiger partial charge in [-0.05, 0) is 36.8 Å². The summed E-state index contributed by atoms with van der Waals surface area (Å²) in [5.74, 6) is 0. The third kappa shape index (κ3) is 2.50. The summed E-state index contributed by atoms with van der Waals surface area (Å²) < 4.78 is 5.93. The topological polar surface area (TPSA) is 29.5 Å². The number of hydrogen-bond donors (Lipinski definition) is 0. The van der Waals surface area contributed by atoms with Gasteiger partial charge in [0.15, 0.2) is 6.10 Å². The lowest BCUT2D eigenvalue weighted by Gasteiger charge is -2.25. The molecule has 3 nitrogen and oxygen atoms in total. The van der Waals surface area contributed by atoms with E-state index in [1.165, 1.54) is 6.42 Å². The van der Waals surface area contributed by atoms with Gasteiger partial charge in [-0.3, -0.25) is 4.90 Å². The second-order valence-electron chi connectivity index (χ2n) is 6.44. The lowest BCUT2D eigenvalue weighted by atomic mass is 10.0. The van der Waals surface area contributed by atoms with E-state index in [4.69, 9.17) is 4.74 Å². The SMILES string of the molecule is CN(C(=O)OC1c2ccccc2-c2ccccc21)C1=CCCCC1. The average molecular weight is 319 g/mol. The van der Waals surface area contributed by atoms with Crippen molar-refractivity contribution in [3.05, 3.63) is 71.4 Å². The molecule has 2 aliphatic rings. The van der Waals surface area contributed by atoms with Crippen LogP contribution in [-0.4, -0.2) is 18.0 Å². The third-order valence-electron chi connectivity index (χ3n) is 4.97. The normalized spacial score (nSPS) is 16.1. The third-order valence-corrected chi connectivity index (χ3v) is 4.97. The largest absolute Gasteiger partial charge is 0.436 e. The Labute approximate surface area is 142 Å². The zero-order chi connectivity index (χ0) is 16.5. The molecule has 0 saturated heterocycles. The van der Waals surface area contributed by atoms with E-state index in [9.17, 15) is 4.79 Å². The summed E-state index contributed by atoms with van der Waals surface area (Å²) in [6, 6.07) is 16.3. The molecule has 0 saturated carbocycles. The first-order chi connectivity index (χ1) is 11.8. The van der Waals surface area contributed by atoms with Crippen LogP contribution >= 0.6 is 0 Å². The molecule has 2 aromatic carbocycles. The fourth-order valence-corrected chi connectivity index (χ4v) is 3.66. The summed E-state index contributed by atoms with van der Waals surface area (Å²) in [7, 11) is 1.81. The predicted molar refractivity (Wildman–Crippen MR) is 94.5 cm³/mol. The van der Waals surface area contributed by atoms with Crippen molar-refractivity contribution >= 4 is 6.09 Å². The fourth-order valence-electron chi connectivity index (χ4n) is 3.66. The second kappa shape index (κ2) is 6.16. The highest BCUT2D eigenvalue weighted by Gasteiger charge is 2.32. The predicted octanol–water partition coefficient (Wildman–Crippen LogP) is 5.28. The maximum atomic E-state index is 12.7. The molecule has 3 heteroatoms. The van der Waals surface area contributed by atoms with Crippen LogP contribution in [0.15, 0.2) is 60.3 Å². The van der Waals surface area contributed by atoms with Gasteiger partial charge in [0.25, 0.3) is 0 Å². The summed E-state index contributed by atoms with van der Waals surface area (Å²) in [5.41, 5.74) is 5.53. The summed E-state index contributed by atoms with van der Waals surface area (Å²) in [4.78, 5) is 14.4. The van der Waals surface area contributed by atoms with E-state index in [1.807, 2.05) is 43.4 Å². The van der Waals surface area contributed by atoms with Gasteiger partial charge in [-0.2, -0.15) is 0 Å². The Bertz CT molecular complexity index is 763. The standard InChI is InChI=1S/C21H21NO2/c1-22(15-9-3-2-4-10-15)21(23)24-20-18-13-7-5-11-16(18)17-12-6-8-14-19(17)20/h5-9,11-14,20H,2-4,10H2,1H3. The maximum absolute atomic E-state index is 12.7. The first kappa shape index (κ1) is 15.0. The summed E-state index contributed by atoms with van der Waals surface area (Å²) >= 11 is 0. The van der Waals surface area contributed by atoms with Gasteiger partial charge in [-0.1, -0.05) is 54.6 Å². The minimum atomic E-state index is -0.323. The Hall–Kier alpha value is -2.55. The van der Waals surface area contributed by atoms with Crippen LogP contribution in [0.25, 0.3) is 11.1 Å². The summed E-state index contributed by atoms with van der Waals surface area (Å²) in [5, 5.41) is 0. The number of benzene rings is 2. The second-order valence-corrected chi connectivity index (χ2v) is 6.44. The van der Waals surface area contributed by atoms with E-state index in [-0.39, 0.29) is 12.2 Å². The molecule has 0 aliphatic heterocycles. The Balaban J connectivity index is 1.62. The van der Waals surface area contributed by atoms with Crippen LogP contribution < -0.4 is 0 Å². The number of carbonyl (C=O) groups excluding carboxylic acids is 1. The Morgan fingerprint density at radius 1 is 1.00 bits per heavy atom. The van der Waals surface area contributed by atoms with Crippen molar-refractivity contribution in [2.45, 2.75) is 31.8 Å². The molecule has 0 N–H and O–H groups in total.